The molecule has 2 aromatic heterocycles. The summed E-state index contributed by atoms with van der Waals surface area (Å²) in [6.45, 7) is 12.1. The Morgan fingerprint density at radius 2 is 2.19 bits per heavy atom. The summed E-state index contributed by atoms with van der Waals surface area (Å²) in [5.74, 6) is -0.636. The zero-order chi connectivity index (χ0) is 18.9. The number of rotatable bonds is 6. The molecule has 0 amide bonds. The molecule has 1 atom stereocenters. The molecule has 140 valence electrons. The van der Waals surface area contributed by atoms with Crippen LogP contribution in [-0.4, -0.2) is 41.8 Å². The van der Waals surface area contributed by atoms with Gasteiger partial charge in [0.25, 0.3) is 0 Å². The molecule has 0 aliphatic carbocycles. The first kappa shape index (κ1) is 19.0. The van der Waals surface area contributed by atoms with Crippen molar-refractivity contribution >= 4 is 19.1 Å². The number of ether oxygens (including phenoxy) is 3. The van der Waals surface area contributed by atoms with E-state index in [2.05, 4.69) is 35.8 Å². The van der Waals surface area contributed by atoms with Gasteiger partial charge in [-0.2, -0.15) is 10.4 Å². The monoisotopic (exact) mass is 374 g/mol. The maximum Gasteiger partial charge on any atom is 0.172 e. The SMILES string of the molecule is CC1(C)OCC(c2ccnc3c2c(C#N)nn3COCC[Si](C)(C)C)O1. The predicted octanol–water partition coefficient (Wildman–Crippen LogP) is 3.44. The Bertz CT molecular complexity index is 835. The molecule has 7 nitrogen and oxygen atoms in total. The number of fused-ring (bicyclic) bond motifs is 1. The van der Waals surface area contributed by atoms with E-state index in [9.17, 15) is 5.26 Å². The van der Waals surface area contributed by atoms with Gasteiger partial charge in [0.05, 0.1) is 12.0 Å². The second-order valence-electron chi connectivity index (χ2n) is 8.22. The number of nitrogens with zero attached hydrogens (tertiary/aromatic N) is 4. The topological polar surface area (TPSA) is 82.2 Å². The van der Waals surface area contributed by atoms with E-state index in [0.29, 0.717) is 24.6 Å². The van der Waals surface area contributed by atoms with E-state index in [1.807, 2.05) is 19.9 Å². The first-order valence-corrected chi connectivity index (χ1v) is 12.6. The van der Waals surface area contributed by atoms with Crippen LogP contribution in [0.4, 0.5) is 0 Å². The Morgan fingerprint density at radius 1 is 1.42 bits per heavy atom. The van der Waals surface area contributed by atoms with Crippen LogP contribution in [0.2, 0.25) is 25.7 Å². The lowest BCUT2D eigenvalue weighted by atomic mass is 10.1. The molecular weight excluding hydrogens is 348 g/mol. The van der Waals surface area contributed by atoms with Crippen molar-refractivity contribution in [1.29, 1.82) is 5.26 Å². The number of aromatic nitrogens is 3. The van der Waals surface area contributed by atoms with Crippen molar-refractivity contribution in [2.45, 2.75) is 58.2 Å². The summed E-state index contributed by atoms with van der Waals surface area (Å²) in [6.07, 6.45) is 1.47. The van der Waals surface area contributed by atoms with Gasteiger partial charge in [0.15, 0.2) is 17.1 Å². The van der Waals surface area contributed by atoms with Gasteiger partial charge in [-0.05, 0) is 31.5 Å². The Labute approximate surface area is 154 Å². The van der Waals surface area contributed by atoms with E-state index in [1.165, 1.54) is 0 Å². The first-order chi connectivity index (χ1) is 12.2. The Balaban J connectivity index is 1.86. The van der Waals surface area contributed by atoms with Crippen molar-refractivity contribution in [2.24, 2.45) is 0 Å². The Kier molecular flexibility index (Phi) is 5.17. The van der Waals surface area contributed by atoms with Crippen LogP contribution in [0.25, 0.3) is 11.0 Å². The van der Waals surface area contributed by atoms with E-state index in [4.69, 9.17) is 14.2 Å². The largest absolute Gasteiger partial charge is 0.359 e. The van der Waals surface area contributed by atoms with Crippen molar-refractivity contribution in [3.63, 3.8) is 0 Å². The first-order valence-electron chi connectivity index (χ1n) is 8.85. The van der Waals surface area contributed by atoms with Gasteiger partial charge >= 0.3 is 0 Å². The van der Waals surface area contributed by atoms with E-state index in [1.54, 1.807) is 10.9 Å². The van der Waals surface area contributed by atoms with Crippen LogP contribution in [0.15, 0.2) is 12.3 Å². The normalized spacial score (nSPS) is 19.8. The van der Waals surface area contributed by atoms with Crippen LogP contribution in [-0.2, 0) is 20.9 Å². The Hall–Kier alpha value is -1.79. The zero-order valence-electron chi connectivity index (χ0n) is 16.1. The van der Waals surface area contributed by atoms with E-state index in [0.717, 1.165) is 17.0 Å². The van der Waals surface area contributed by atoms with Crippen molar-refractivity contribution in [3.05, 3.63) is 23.5 Å². The van der Waals surface area contributed by atoms with Gasteiger partial charge in [-0.25, -0.2) is 9.67 Å². The molecule has 1 fully saturated rings. The number of nitriles is 1. The fraction of sp³-hybridized carbons (Fsp3) is 0.611. The lowest BCUT2D eigenvalue weighted by molar-refractivity contribution is -0.138. The minimum Gasteiger partial charge on any atom is -0.359 e. The molecule has 1 saturated heterocycles. The van der Waals surface area contributed by atoms with E-state index >= 15 is 0 Å². The third kappa shape index (κ3) is 4.12. The predicted molar refractivity (Wildman–Crippen MR) is 100 cm³/mol. The smallest absolute Gasteiger partial charge is 0.172 e. The molecule has 0 spiro atoms. The van der Waals surface area contributed by atoms with Crippen LogP contribution >= 0.6 is 0 Å². The molecule has 3 rings (SSSR count). The summed E-state index contributed by atoms with van der Waals surface area (Å²) >= 11 is 0. The molecule has 0 aromatic carbocycles. The average Bonchev–Trinajstić information content (AvgIpc) is 3.10. The van der Waals surface area contributed by atoms with Gasteiger partial charge in [-0.3, -0.25) is 0 Å². The van der Waals surface area contributed by atoms with E-state index < -0.39 is 13.9 Å². The third-order valence-corrected chi connectivity index (χ3v) is 6.04. The molecule has 8 heteroatoms. The van der Waals surface area contributed by atoms with Gasteiger partial charge in [-0.15, -0.1) is 0 Å². The molecule has 1 aliphatic rings. The van der Waals surface area contributed by atoms with Gasteiger partial charge in [-0.1, -0.05) is 19.6 Å². The summed E-state index contributed by atoms with van der Waals surface area (Å²) in [5, 5.41) is 14.6. The molecule has 3 heterocycles. The summed E-state index contributed by atoms with van der Waals surface area (Å²) < 4.78 is 19.1. The molecule has 0 bridgehead atoms. The standard InChI is InChI=1S/C18H26N4O3Si/c1-18(2)24-11-15(25-18)13-6-7-20-17-16(13)14(10-19)21-22(17)12-23-8-9-26(3,4)5/h6-7,15H,8-9,11-12H2,1-5H3. The summed E-state index contributed by atoms with van der Waals surface area (Å²) in [5.41, 5.74) is 1.86. The molecule has 26 heavy (non-hydrogen) atoms. The lowest BCUT2D eigenvalue weighted by Gasteiger charge is -2.17. The lowest BCUT2D eigenvalue weighted by Crippen LogP contribution is -2.22. The minimum absolute atomic E-state index is 0.243. The Morgan fingerprint density at radius 3 is 2.81 bits per heavy atom. The zero-order valence-corrected chi connectivity index (χ0v) is 17.1. The molecule has 0 radical (unpaired) electrons. The summed E-state index contributed by atoms with van der Waals surface area (Å²) in [7, 11) is -1.14. The number of hydrogen-bond acceptors (Lipinski definition) is 6. The molecule has 2 aromatic rings. The van der Waals surface area contributed by atoms with Crippen LogP contribution in [0.3, 0.4) is 0 Å². The maximum absolute atomic E-state index is 9.54. The van der Waals surface area contributed by atoms with Gasteiger partial charge < -0.3 is 14.2 Å². The highest BCUT2D eigenvalue weighted by atomic mass is 28.3. The number of pyridine rings is 1. The summed E-state index contributed by atoms with van der Waals surface area (Å²) in [4.78, 5) is 4.43. The van der Waals surface area contributed by atoms with Crippen LogP contribution in [0.5, 0.6) is 0 Å². The second-order valence-corrected chi connectivity index (χ2v) is 13.8. The molecule has 0 saturated carbocycles. The van der Waals surface area contributed by atoms with Crippen molar-refractivity contribution in [3.8, 4) is 6.07 Å². The highest BCUT2D eigenvalue weighted by Gasteiger charge is 2.35. The fourth-order valence-corrected chi connectivity index (χ4v) is 3.68. The maximum atomic E-state index is 9.54. The van der Waals surface area contributed by atoms with Gasteiger partial charge in [0.1, 0.15) is 18.9 Å². The van der Waals surface area contributed by atoms with Crippen molar-refractivity contribution in [1.82, 2.24) is 14.8 Å². The minimum atomic E-state index is -1.14. The third-order valence-electron chi connectivity index (χ3n) is 4.34. The molecule has 0 N–H and O–H groups in total. The summed E-state index contributed by atoms with van der Waals surface area (Å²) in [6, 6.07) is 5.13. The van der Waals surface area contributed by atoms with Crippen molar-refractivity contribution < 1.29 is 14.2 Å². The molecular formula is C18H26N4O3Si. The molecule has 1 aliphatic heterocycles. The number of hydrogen-bond donors (Lipinski definition) is 0. The van der Waals surface area contributed by atoms with Gasteiger partial charge in [0.2, 0.25) is 0 Å². The fourth-order valence-electron chi connectivity index (χ4n) is 2.93. The highest BCUT2D eigenvalue weighted by molar-refractivity contribution is 6.76. The van der Waals surface area contributed by atoms with Crippen molar-refractivity contribution in [2.75, 3.05) is 13.2 Å². The molecule has 1 unspecified atom stereocenters. The average molecular weight is 375 g/mol. The van der Waals surface area contributed by atoms with Crippen LogP contribution < -0.4 is 0 Å². The second kappa shape index (κ2) is 7.08. The van der Waals surface area contributed by atoms with E-state index in [-0.39, 0.29) is 12.8 Å². The quantitative estimate of drug-likeness (QED) is 0.569. The van der Waals surface area contributed by atoms with Crippen LogP contribution in [0.1, 0.15) is 31.2 Å². The highest BCUT2D eigenvalue weighted by Crippen LogP contribution is 2.36. The van der Waals surface area contributed by atoms with Crippen LogP contribution in [0, 0.1) is 11.3 Å². The van der Waals surface area contributed by atoms with Gasteiger partial charge in [0, 0.05) is 20.9 Å².